The van der Waals surface area contributed by atoms with Crippen LogP contribution in [0.3, 0.4) is 0 Å². The summed E-state index contributed by atoms with van der Waals surface area (Å²) in [5, 5.41) is 0.814. The summed E-state index contributed by atoms with van der Waals surface area (Å²) in [6.07, 6.45) is 8.56. The van der Waals surface area contributed by atoms with Gasteiger partial charge in [0.25, 0.3) is 5.24 Å². The highest BCUT2D eigenvalue weighted by atomic mass is 32.2. The number of rotatable bonds is 1. The van der Waals surface area contributed by atoms with Gasteiger partial charge in [-0.15, -0.1) is 0 Å². The Morgan fingerprint density at radius 3 is 2.74 bits per heavy atom. The normalized spacial score (nSPS) is 20.1. The molecule has 1 aliphatic carbocycles. The van der Waals surface area contributed by atoms with Gasteiger partial charge in [-0.3, -0.25) is 4.79 Å². The number of nitrogens with zero attached hydrogens (tertiary/aromatic N) is 1. The van der Waals surface area contributed by atoms with Crippen molar-refractivity contribution in [3.63, 3.8) is 0 Å². The molecule has 2 nitrogen and oxygen atoms in total. The van der Waals surface area contributed by atoms with Gasteiger partial charge in [-0.1, -0.05) is 49.2 Å². The molecule has 3 heteroatoms. The Bertz CT molecular complexity index is 454. The van der Waals surface area contributed by atoms with Crippen molar-refractivity contribution >= 4 is 22.7 Å². The first-order chi connectivity index (χ1) is 9.34. The zero-order chi connectivity index (χ0) is 13.1. The van der Waals surface area contributed by atoms with E-state index in [2.05, 4.69) is 18.2 Å². The van der Waals surface area contributed by atoms with Crippen LogP contribution >= 0.6 is 11.8 Å². The molecule has 0 radical (unpaired) electrons. The predicted octanol–water partition coefficient (Wildman–Crippen LogP) is 4.63. The second-order valence-electron chi connectivity index (χ2n) is 5.53. The first kappa shape index (κ1) is 13.0. The van der Waals surface area contributed by atoms with E-state index in [0.717, 1.165) is 25.1 Å². The topological polar surface area (TPSA) is 20.3 Å². The van der Waals surface area contributed by atoms with Gasteiger partial charge in [0, 0.05) is 17.5 Å². The number of para-hydroxylation sites is 1. The second kappa shape index (κ2) is 6.00. The Kier molecular flexibility index (Phi) is 4.12. The number of fused-ring (bicyclic) bond motifs is 1. The number of hydrogen-bond donors (Lipinski definition) is 0. The van der Waals surface area contributed by atoms with Gasteiger partial charge in [0.1, 0.15) is 0 Å². The van der Waals surface area contributed by atoms with Crippen LogP contribution in [-0.2, 0) is 6.42 Å². The number of amides is 1. The summed E-state index contributed by atoms with van der Waals surface area (Å²) in [5.41, 5.74) is 2.47. The minimum atomic E-state index is 0.263. The van der Waals surface area contributed by atoms with Crippen molar-refractivity contribution in [2.75, 3.05) is 11.4 Å². The molecule has 2 aliphatic rings. The maximum absolute atomic E-state index is 12.5. The summed E-state index contributed by atoms with van der Waals surface area (Å²) in [4.78, 5) is 14.5. The Morgan fingerprint density at radius 2 is 1.89 bits per heavy atom. The van der Waals surface area contributed by atoms with Gasteiger partial charge >= 0.3 is 0 Å². The van der Waals surface area contributed by atoms with Crippen molar-refractivity contribution in [3.8, 4) is 0 Å². The minimum absolute atomic E-state index is 0.263. The van der Waals surface area contributed by atoms with Crippen LogP contribution in [0.5, 0.6) is 0 Å². The van der Waals surface area contributed by atoms with E-state index in [1.54, 1.807) is 11.8 Å². The number of carbonyl (C=O) groups is 1. The van der Waals surface area contributed by atoms with Crippen LogP contribution in [0.15, 0.2) is 24.3 Å². The molecule has 1 saturated carbocycles. The number of aryl methyl sites for hydroxylation is 1. The van der Waals surface area contributed by atoms with Crippen LogP contribution in [0.1, 0.15) is 44.1 Å². The molecule has 1 aliphatic heterocycles. The molecule has 0 spiro atoms. The summed E-state index contributed by atoms with van der Waals surface area (Å²) in [7, 11) is 0. The van der Waals surface area contributed by atoms with Gasteiger partial charge in [0.05, 0.1) is 0 Å². The summed E-state index contributed by atoms with van der Waals surface area (Å²) < 4.78 is 0. The fourth-order valence-electron chi connectivity index (χ4n) is 3.11. The fraction of sp³-hybridized carbons (Fsp3) is 0.562. The molecule has 0 saturated heterocycles. The molecule has 0 atom stereocenters. The SMILES string of the molecule is O=C(SC1CCCCC1)N1CCCc2ccccc21. The molecule has 1 aromatic carbocycles. The summed E-state index contributed by atoms with van der Waals surface area (Å²) in [6.45, 7) is 0.884. The van der Waals surface area contributed by atoms with Gasteiger partial charge in [0.2, 0.25) is 0 Å². The Balaban J connectivity index is 1.70. The Hall–Kier alpha value is -0.960. The smallest absolute Gasteiger partial charge is 0.286 e. The lowest BCUT2D eigenvalue weighted by Crippen LogP contribution is -2.33. The average molecular weight is 275 g/mol. The maximum atomic E-state index is 12.5. The quantitative estimate of drug-likeness (QED) is 0.745. The third kappa shape index (κ3) is 2.97. The molecule has 0 aromatic heterocycles. The van der Waals surface area contributed by atoms with E-state index in [9.17, 15) is 4.79 Å². The van der Waals surface area contributed by atoms with Crippen molar-refractivity contribution in [1.29, 1.82) is 0 Å². The van der Waals surface area contributed by atoms with Gasteiger partial charge in [-0.25, -0.2) is 0 Å². The lowest BCUT2D eigenvalue weighted by atomic mass is 10.0. The average Bonchev–Trinajstić information content (AvgIpc) is 2.47. The highest BCUT2D eigenvalue weighted by molar-refractivity contribution is 8.14. The highest BCUT2D eigenvalue weighted by Gasteiger charge is 2.25. The van der Waals surface area contributed by atoms with Gasteiger partial charge in [-0.2, -0.15) is 0 Å². The van der Waals surface area contributed by atoms with E-state index in [4.69, 9.17) is 0 Å². The summed E-state index contributed by atoms with van der Waals surface area (Å²) in [6, 6.07) is 8.35. The molecule has 0 N–H and O–H groups in total. The third-order valence-corrected chi connectivity index (χ3v) is 5.38. The van der Waals surface area contributed by atoms with Crippen LogP contribution in [0.4, 0.5) is 10.5 Å². The Morgan fingerprint density at radius 1 is 1.11 bits per heavy atom. The zero-order valence-electron chi connectivity index (χ0n) is 11.3. The van der Waals surface area contributed by atoms with Crippen molar-refractivity contribution < 1.29 is 4.79 Å². The minimum Gasteiger partial charge on any atom is -0.303 e. The standard InChI is InChI=1S/C16H21NOS/c18-16(19-14-9-2-1-3-10-14)17-12-6-8-13-7-4-5-11-15(13)17/h4-5,7,11,14H,1-3,6,8-10,12H2. The van der Waals surface area contributed by atoms with E-state index in [0.29, 0.717) is 5.25 Å². The predicted molar refractivity (Wildman–Crippen MR) is 82.0 cm³/mol. The van der Waals surface area contributed by atoms with Crippen molar-refractivity contribution in [3.05, 3.63) is 29.8 Å². The zero-order valence-corrected chi connectivity index (χ0v) is 12.1. The van der Waals surface area contributed by atoms with E-state index in [1.165, 1.54) is 37.7 Å². The monoisotopic (exact) mass is 275 g/mol. The first-order valence-corrected chi connectivity index (χ1v) is 8.28. The van der Waals surface area contributed by atoms with Crippen LogP contribution < -0.4 is 4.90 Å². The number of anilines is 1. The largest absolute Gasteiger partial charge is 0.303 e. The lowest BCUT2D eigenvalue weighted by molar-refractivity contribution is 0.264. The van der Waals surface area contributed by atoms with Crippen LogP contribution in [0, 0.1) is 0 Å². The van der Waals surface area contributed by atoms with Crippen molar-refractivity contribution in [1.82, 2.24) is 0 Å². The number of hydrogen-bond acceptors (Lipinski definition) is 2. The number of benzene rings is 1. The van der Waals surface area contributed by atoms with Crippen molar-refractivity contribution in [2.24, 2.45) is 0 Å². The molecule has 0 bridgehead atoms. The molecule has 1 heterocycles. The number of thioether (sulfide) groups is 1. The second-order valence-corrected chi connectivity index (χ2v) is 6.78. The first-order valence-electron chi connectivity index (χ1n) is 7.40. The summed E-state index contributed by atoms with van der Waals surface area (Å²) >= 11 is 1.58. The third-order valence-electron chi connectivity index (χ3n) is 4.15. The Labute approximate surface area is 119 Å². The van der Waals surface area contributed by atoms with E-state index < -0.39 is 0 Å². The summed E-state index contributed by atoms with van der Waals surface area (Å²) in [5.74, 6) is 0. The van der Waals surface area contributed by atoms with Crippen LogP contribution in [0.2, 0.25) is 0 Å². The van der Waals surface area contributed by atoms with E-state index in [-0.39, 0.29) is 5.24 Å². The van der Waals surface area contributed by atoms with Crippen molar-refractivity contribution in [2.45, 2.75) is 50.2 Å². The molecular formula is C16H21NOS. The fourth-order valence-corrected chi connectivity index (χ4v) is 4.28. The maximum Gasteiger partial charge on any atom is 0.286 e. The molecule has 19 heavy (non-hydrogen) atoms. The molecule has 3 rings (SSSR count). The van der Waals surface area contributed by atoms with Crippen LogP contribution in [-0.4, -0.2) is 17.0 Å². The molecule has 1 amide bonds. The molecule has 1 fully saturated rings. The van der Waals surface area contributed by atoms with Gasteiger partial charge < -0.3 is 4.90 Å². The van der Waals surface area contributed by atoms with E-state index in [1.807, 2.05) is 11.0 Å². The lowest BCUT2D eigenvalue weighted by Gasteiger charge is -2.30. The molecule has 1 aromatic rings. The highest BCUT2D eigenvalue weighted by Crippen LogP contribution is 2.34. The molecule has 102 valence electrons. The van der Waals surface area contributed by atoms with Gasteiger partial charge in [0.15, 0.2) is 0 Å². The van der Waals surface area contributed by atoms with E-state index >= 15 is 0 Å². The molecular weight excluding hydrogens is 254 g/mol. The van der Waals surface area contributed by atoms with Crippen LogP contribution in [0.25, 0.3) is 0 Å². The molecule has 0 unspecified atom stereocenters. The number of carbonyl (C=O) groups excluding carboxylic acids is 1. The van der Waals surface area contributed by atoms with Gasteiger partial charge in [-0.05, 0) is 37.3 Å².